The first-order valence-corrected chi connectivity index (χ1v) is 7.50. The average Bonchev–Trinajstić information content (AvgIpc) is 2.74. The summed E-state index contributed by atoms with van der Waals surface area (Å²) < 4.78 is 29.9. The summed E-state index contributed by atoms with van der Waals surface area (Å²) in [6, 6.07) is -0.0954. The number of rotatable bonds is 6. The lowest BCUT2D eigenvalue weighted by Gasteiger charge is -2.18. The summed E-state index contributed by atoms with van der Waals surface area (Å²) in [5.41, 5.74) is 0. The van der Waals surface area contributed by atoms with Gasteiger partial charge in [0.1, 0.15) is 0 Å². The molecule has 7 heteroatoms. The van der Waals surface area contributed by atoms with Crippen LogP contribution in [0.3, 0.4) is 0 Å². The number of hydrogen-bond donors (Lipinski definition) is 2. The smallest absolute Gasteiger partial charge is 0.240 e. The van der Waals surface area contributed by atoms with E-state index in [1.54, 1.807) is 0 Å². The third kappa shape index (κ3) is 4.25. The molecule has 1 amide bonds. The minimum absolute atomic E-state index is 0.0954. The van der Waals surface area contributed by atoms with Crippen molar-refractivity contribution in [3.05, 3.63) is 0 Å². The van der Waals surface area contributed by atoms with E-state index < -0.39 is 21.8 Å². The molecule has 2 N–H and O–H groups in total. The summed E-state index contributed by atoms with van der Waals surface area (Å²) in [5.74, 6) is -1.000. The lowest BCUT2D eigenvalue weighted by Crippen LogP contribution is -2.46. The molecule has 17 heavy (non-hydrogen) atoms. The fourth-order valence-corrected chi connectivity index (χ4v) is 2.25. The Morgan fingerprint density at radius 3 is 2.65 bits per heavy atom. The zero-order valence-electron chi connectivity index (χ0n) is 10.2. The second kappa shape index (κ2) is 6.32. The van der Waals surface area contributed by atoms with Gasteiger partial charge in [-0.15, -0.1) is 0 Å². The molecule has 100 valence electrons. The Morgan fingerprint density at radius 1 is 1.35 bits per heavy atom. The van der Waals surface area contributed by atoms with Gasteiger partial charge in [-0.25, -0.2) is 8.42 Å². The van der Waals surface area contributed by atoms with Crippen molar-refractivity contribution in [2.45, 2.75) is 26.3 Å². The predicted molar refractivity (Wildman–Crippen MR) is 64.0 cm³/mol. The monoisotopic (exact) mass is 264 g/mol. The molecule has 2 atom stereocenters. The van der Waals surface area contributed by atoms with E-state index in [9.17, 15) is 13.2 Å². The number of nitrogens with one attached hydrogen (secondary N) is 2. The van der Waals surface area contributed by atoms with E-state index in [2.05, 4.69) is 10.0 Å². The zero-order valence-corrected chi connectivity index (χ0v) is 11.0. The lowest BCUT2D eigenvalue weighted by molar-refractivity contribution is -0.123. The van der Waals surface area contributed by atoms with Gasteiger partial charge in [-0.3, -0.25) is 9.52 Å². The second-order valence-electron chi connectivity index (χ2n) is 4.07. The van der Waals surface area contributed by atoms with Gasteiger partial charge in [0.05, 0.1) is 24.9 Å². The van der Waals surface area contributed by atoms with Gasteiger partial charge in [-0.05, 0) is 19.9 Å². The Bertz CT molecular complexity index is 355. The van der Waals surface area contributed by atoms with E-state index in [4.69, 9.17) is 4.74 Å². The second-order valence-corrected chi connectivity index (χ2v) is 6.09. The first-order valence-electron chi connectivity index (χ1n) is 5.85. The lowest BCUT2D eigenvalue weighted by atomic mass is 10.0. The Balaban J connectivity index is 2.56. The van der Waals surface area contributed by atoms with Crippen molar-refractivity contribution in [3.8, 4) is 0 Å². The van der Waals surface area contributed by atoms with Gasteiger partial charge in [0.15, 0.2) is 0 Å². The standard InChI is InChI=1S/C10H20N2O4S/c1-3-5-11-9-7-16-6-8(9)10(13)12-17(14,15)4-2/h8-9,11H,3-7H2,1-2H3,(H,12,13). The van der Waals surface area contributed by atoms with Gasteiger partial charge in [0, 0.05) is 6.04 Å². The molecule has 1 heterocycles. The molecule has 0 aromatic heterocycles. The van der Waals surface area contributed by atoms with Crippen LogP contribution in [-0.4, -0.2) is 45.9 Å². The topological polar surface area (TPSA) is 84.5 Å². The molecule has 0 aliphatic carbocycles. The van der Waals surface area contributed by atoms with Crippen LogP contribution in [0.25, 0.3) is 0 Å². The van der Waals surface area contributed by atoms with Gasteiger partial charge >= 0.3 is 0 Å². The highest BCUT2D eigenvalue weighted by Crippen LogP contribution is 2.14. The highest BCUT2D eigenvalue weighted by molar-refractivity contribution is 7.90. The minimum atomic E-state index is -3.48. The molecule has 2 unspecified atom stereocenters. The Labute approximate surface area is 102 Å². The first kappa shape index (κ1) is 14.4. The molecule has 0 radical (unpaired) electrons. The third-order valence-corrected chi connectivity index (χ3v) is 3.98. The fraction of sp³-hybridized carbons (Fsp3) is 0.900. The molecule has 1 aliphatic rings. The van der Waals surface area contributed by atoms with Gasteiger partial charge in [-0.2, -0.15) is 0 Å². The van der Waals surface area contributed by atoms with Gasteiger partial charge < -0.3 is 10.1 Å². The van der Waals surface area contributed by atoms with Crippen LogP contribution in [0, 0.1) is 5.92 Å². The molecule has 6 nitrogen and oxygen atoms in total. The van der Waals surface area contributed by atoms with E-state index in [1.165, 1.54) is 6.92 Å². The first-order chi connectivity index (χ1) is 8.00. The van der Waals surface area contributed by atoms with Crippen LogP contribution < -0.4 is 10.0 Å². The van der Waals surface area contributed by atoms with Crippen LogP contribution in [0.15, 0.2) is 0 Å². The Hall–Kier alpha value is -0.660. The third-order valence-electron chi connectivity index (χ3n) is 2.71. The summed E-state index contributed by atoms with van der Waals surface area (Å²) in [7, 11) is -3.48. The van der Waals surface area contributed by atoms with E-state index in [0.717, 1.165) is 13.0 Å². The van der Waals surface area contributed by atoms with Crippen molar-refractivity contribution in [2.24, 2.45) is 5.92 Å². The number of amides is 1. The average molecular weight is 264 g/mol. The van der Waals surface area contributed by atoms with E-state index in [0.29, 0.717) is 6.61 Å². The van der Waals surface area contributed by atoms with Crippen molar-refractivity contribution in [2.75, 3.05) is 25.5 Å². The SMILES string of the molecule is CCCNC1COCC1C(=O)NS(=O)(=O)CC. The molecular weight excluding hydrogens is 244 g/mol. The molecule has 1 rings (SSSR count). The summed E-state index contributed by atoms with van der Waals surface area (Å²) >= 11 is 0. The van der Waals surface area contributed by atoms with Crippen LogP contribution in [0.4, 0.5) is 0 Å². The van der Waals surface area contributed by atoms with E-state index in [-0.39, 0.29) is 18.4 Å². The molecular formula is C10H20N2O4S. The molecule has 0 aromatic carbocycles. The van der Waals surface area contributed by atoms with Crippen molar-refractivity contribution >= 4 is 15.9 Å². The minimum Gasteiger partial charge on any atom is -0.379 e. The fourth-order valence-electron chi connectivity index (χ4n) is 1.64. The highest BCUT2D eigenvalue weighted by atomic mass is 32.2. The van der Waals surface area contributed by atoms with Crippen molar-refractivity contribution in [1.82, 2.24) is 10.0 Å². The summed E-state index contributed by atoms with van der Waals surface area (Å²) in [6.45, 7) is 5.03. The number of sulfonamides is 1. The zero-order chi connectivity index (χ0) is 12.9. The quantitative estimate of drug-likeness (QED) is 0.673. The van der Waals surface area contributed by atoms with Gasteiger partial charge in [0.25, 0.3) is 0 Å². The number of carbonyl (C=O) groups excluding carboxylic acids is 1. The van der Waals surface area contributed by atoms with Gasteiger partial charge in [0.2, 0.25) is 15.9 Å². The predicted octanol–water partition coefficient (Wildman–Crippen LogP) is -0.533. The molecule has 1 fully saturated rings. The van der Waals surface area contributed by atoms with Crippen molar-refractivity contribution in [3.63, 3.8) is 0 Å². The number of ether oxygens (including phenoxy) is 1. The van der Waals surface area contributed by atoms with Crippen LogP contribution in [0.2, 0.25) is 0 Å². The maximum atomic E-state index is 11.8. The number of carbonyl (C=O) groups is 1. The van der Waals surface area contributed by atoms with Crippen LogP contribution in [0.1, 0.15) is 20.3 Å². The maximum absolute atomic E-state index is 11.8. The Morgan fingerprint density at radius 2 is 2.06 bits per heavy atom. The maximum Gasteiger partial charge on any atom is 0.240 e. The van der Waals surface area contributed by atoms with E-state index in [1.807, 2.05) is 6.92 Å². The van der Waals surface area contributed by atoms with Crippen LogP contribution >= 0.6 is 0 Å². The highest BCUT2D eigenvalue weighted by Gasteiger charge is 2.34. The molecule has 1 aliphatic heterocycles. The van der Waals surface area contributed by atoms with Crippen molar-refractivity contribution in [1.29, 1.82) is 0 Å². The summed E-state index contributed by atoms with van der Waals surface area (Å²) in [6.07, 6.45) is 0.956. The number of hydrogen-bond acceptors (Lipinski definition) is 5. The normalized spacial score (nSPS) is 24.8. The molecule has 0 bridgehead atoms. The molecule has 0 spiro atoms. The van der Waals surface area contributed by atoms with Crippen molar-refractivity contribution < 1.29 is 17.9 Å². The largest absolute Gasteiger partial charge is 0.379 e. The molecule has 0 saturated carbocycles. The van der Waals surface area contributed by atoms with E-state index >= 15 is 0 Å². The van der Waals surface area contributed by atoms with Crippen LogP contribution in [0.5, 0.6) is 0 Å². The van der Waals surface area contributed by atoms with Gasteiger partial charge in [-0.1, -0.05) is 6.92 Å². The summed E-state index contributed by atoms with van der Waals surface area (Å²) in [5, 5.41) is 3.19. The van der Waals surface area contributed by atoms with Crippen LogP contribution in [-0.2, 0) is 19.6 Å². The molecule has 1 saturated heterocycles. The summed E-state index contributed by atoms with van der Waals surface area (Å²) in [4.78, 5) is 11.8. The Kier molecular flexibility index (Phi) is 5.35. The molecule has 0 aromatic rings.